The van der Waals surface area contributed by atoms with Crippen molar-refractivity contribution in [2.75, 3.05) is 25.0 Å². The number of anilines is 1. The van der Waals surface area contributed by atoms with E-state index in [0.717, 1.165) is 24.0 Å². The third-order valence-corrected chi connectivity index (χ3v) is 7.42. The van der Waals surface area contributed by atoms with Crippen molar-refractivity contribution in [2.24, 2.45) is 5.41 Å². The fourth-order valence-electron chi connectivity index (χ4n) is 5.45. The zero-order chi connectivity index (χ0) is 26.9. The van der Waals surface area contributed by atoms with Crippen LogP contribution in [-0.2, 0) is 0 Å². The predicted octanol–water partition coefficient (Wildman–Crippen LogP) is 5.05. The molecule has 2 aromatic carbocycles. The minimum Gasteiger partial charge on any atom is -0.465 e. The monoisotopic (exact) mass is 510 g/mol. The molecule has 2 aliphatic heterocycles. The highest BCUT2D eigenvalue weighted by atomic mass is 19.1. The third-order valence-electron chi connectivity index (χ3n) is 7.42. The average molecular weight is 511 g/mol. The first-order valence-corrected chi connectivity index (χ1v) is 12.7. The van der Waals surface area contributed by atoms with Gasteiger partial charge in [-0.25, -0.2) is 14.0 Å². The van der Waals surface area contributed by atoms with Crippen LogP contribution in [0.25, 0.3) is 0 Å². The Balaban J connectivity index is 1.37. The Hall–Kier alpha value is -3.62. The van der Waals surface area contributed by atoms with Gasteiger partial charge in [0.2, 0.25) is 0 Å². The molecule has 9 heteroatoms. The molecule has 2 atom stereocenters. The second-order valence-electron chi connectivity index (χ2n) is 11.1. The summed E-state index contributed by atoms with van der Waals surface area (Å²) in [7, 11) is 0. The fourth-order valence-corrected chi connectivity index (χ4v) is 5.45. The lowest BCUT2D eigenvalue weighted by Gasteiger charge is -2.52. The Bertz CT molecular complexity index is 1170. The number of amides is 4. The SMILES string of the molecule is Cc1ccc(C(=O)N2CCC(c3ccc(F)cc3)CC2)cc1NC(=O)NC1CN(C(=O)O)C1C(C)(C)C. The standard InChI is InChI=1S/C28H35FN4O4/c1-17-5-6-20(25(34)32-13-11-19(12-14-32)18-7-9-21(29)10-8-18)15-22(17)30-26(35)31-23-16-33(27(36)37)24(23)28(2,3)4/h5-10,15,19,23-24H,11-14,16H2,1-4H3,(H,36,37)(H2,30,31,35). The van der Waals surface area contributed by atoms with E-state index < -0.39 is 12.1 Å². The van der Waals surface area contributed by atoms with E-state index in [9.17, 15) is 23.9 Å². The second-order valence-corrected chi connectivity index (χ2v) is 11.1. The predicted molar refractivity (Wildman–Crippen MR) is 139 cm³/mol. The molecule has 2 aliphatic rings. The number of nitrogens with zero attached hydrogens (tertiary/aromatic N) is 2. The Labute approximate surface area is 216 Å². The number of aryl methyl sites for hydroxylation is 1. The van der Waals surface area contributed by atoms with Gasteiger partial charge in [0.25, 0.3) is 5.91 Å². The Morgan fingerprint density at radius 3 is 2.27 bits per heavy atom. The molecule has 0 aromatic heterocycles. The molecule has 4 amide bonds. The maximum atomic E-state index is 13.2. The normalized spacial score (nSPS) is 20.2. The second kappa shape index (κ2) is 10.4. The van der Waals surface area contributed by atoms with Gasteiger partial charge in [-0.2, -0.15) is 0 Å². The molecule has 37 heavy (non-hydrogen) atoms. The van der Waals surface area contributed by atoms with E-state index in [-0.39, 0.29) is 35.8 Å². The maximum absolute atomic E-state index is 13.2. The average Bonchev–Trinajstić information content (AvgIpc) is 2.81. The quantitative estimate of drug-likeness (QED) is 0.536. The van der Waals surface area contributed by atoms with Crippen LogP contribution < -0.4 is 10.6 Å². The summed E-state index contributed by atoms with van der Waals surface area (Å²) < 4.78 is 13.2. The van der Waals surface area contributed by atoms with Crippen LogP contribution in [0.2, 0.25) is 0 Å². The summed E-state index contributed by atoms with van der Waals surface area (Å²) in [4.78, 5) is 40.6. The van der Waals surface area contributed by atoms with Crippen molar-refractivity contribution in [3.63, 3.8) is 0 Å². The molecule has 8 nitrogen and oxygen atoms in total. The van der Waals surface area contributed by atoms with Crippen molar-refractivity contribution in [1.82, 2.24) is 15.1 Å². The van der Waals surface area contributed by atoms with E-state index in [0.29, 0.717) is 30.3 Å². The number of benzene rings is 2. The molecule has 0 aliphatic carbocycles. The fraction of sp³-hybridized carbons (Fsp3) is 0.464. The number of carboxylic acid groups (broad SMARTS) is 1. The molecular formula is C28H35FN4O4. The van der Waals surface area contributed by atoms with Crippen LogP contribution in [0.15, 0.2) is 42.5 Å². The molecule has 3 N–H and O–H groups in total. The molecule has 0 radical (unpaired) electrons. The van der Waals surface area contributed by atoms with Crippen molar-refractivity contribution < 1.29 is 23.9 Å². The lowest BCUT2D eigenvalue weighted by atomic mass is 9.76. The van der Waals surface area contributed by atoms with Crippen LogP contribution >= 0.6 is 0 Å². The van der Waals surface area contributed by atoms with Gasteiger partial charge >= 0.3 is 12.1 Å². The first-order chi connectivity index (χ1) is 17.4. The van der Waals surface area contributed by atoms with Gasteiger partial charge in [0.15, 0.2) is 0 Å². The van der Waals surface area contributed by atoms with Crippen molar-refractivity contribution in [3.8, 4) is 0 Å². The molecular weight excluding hydrogens is 475 g/mol. The number of halogens is 1. The largest absolute Gasteiger partial charge is 0.465 e. The number of hydrogen-bond acceptors (Lipinski definition) is 3. The zero-order valence-corrected chi connectivity index (χ0v) is 21.8. The number of piperidine rings is 1. The summed E-state index contributed by atoms with van der Waals surface area (Å²) >= 11 is 0. The van der Waals surface area contributed by atoms with Gasteiger partial charge in [-0.1, -0.05) is 39.0 Å². The van der Waals surface area contributed by atoms with E-state index in [1.807, 2.05) is 50.8 Å². The van der Waals surface area contributed by atoms with Crippen molar-refractivity contribution in [1.29, 1.82) is 0 Å². The lowest BCUT2D eigenvalue weighted by molar-refractivity contribution is -0.00756. The molecule has 198 valence electrons. The van der Waals surface area contributed by atoms with E-state index in [2.05, 4.69) is 10.6 Å². The first kappa shape index (κ1) is 26.4. The van der Waals surface area contributed by atoms with Crippen LogP contribution in [0.1, 0.15) is 61.0 Å². The summed E-state index contributed by atoms with van der Waals surface area (Å²) in [6.07, 6.45) is 0.614. The molecule has 2 saturated heterocycles. The van der Waals surface area contributed by atoms with E-state index in [4.69, 9.17) is 0 Å². The Morgan fingerprint density at radius 2 is 1.68 bits per heavy atom. The highest BCUT2D eigenvalue weighted by Gasteiger charge is 2.49. The number of rotatable bonds is 4. The molecule has 0 saturated carbocycles. The molecule has 4 rings (SSSR count). The molecule has 2 heterocycles. The van der Waals surface area contributed by atoms with Gasteiger partial charge in [0.05, 0.1) is 12.1 Å². The highest BCUT2D eigenvalue weighted by Crippen LogP contribution is 2.34. The number of urea groups is 1. The number of hydrogen-bond donors (Lipinski definition) is 3. The molecule has 0 bridgehead atoms. The molecule has 2 fully saturated rings. The van der Waals surface area contributed by atoms with E-state index in [1.165, 1.54) is 17.0 Å². The first-order valence-electron chi connectivity index (χ1n) is 12.7. The summed E-state index contributed by atoms with van der Waals surface area (Å²) in [6.45, 7) is 9.13. The maximum Gasteiger partial charge on any atom is 0.407 e. The molecule has 2 aromatic rings. The zero-order valence-electron chi connectivity index (χ0n) is 21.8. The van der Waals surface area contributed by atoms with Crippen molar-refractivity contribution in [3.05, 3.63) is 65.0 Å². The van der Waals surface area contributed by atoms with Gasteiger partial charge < -0.3 is 25.5 Å². The molecule has 0 spiro atoms. The Kier molecular flexibility index (Phi) is 7.43. The van der Waals surface area contributed by atoms with Crippen LogP contribution in [-0.4, -0.2) is 64.7 Å². The molecule has 2 unspecified atom stereocenters. The van der Waals surface area contributed by atoms with Crippen molar-refractivity contribution in [2.45, 2.75) is 58.5 Å². The van der Waals surface area contributed by atoms with Gasteiger partial charge in [0.1, 0.15) is 5.82 Å². The Morgan fingerprint density at radius 1 is 1.03 bits per heavy atom. The van der Waals surface area contributed by atoms with Crippen LogP contribution in [0, 0.1) is 18.2 Å². The topological polar surface area (TPSA) is 102 Å². The third kappa shape index (κ3) is 5.87. The van der Waals surface area contributed by atoms with Crippen LogP contribution in [0.3, 0.4) is 0 Å². The van der Waals surface area contributed by atoms with E-state index in [1.54, 1.807) is 12.1 Å². The van der Waals surface area contributed by atoms with Gasteiger partial charge in [-0.15, -0.1) is 0 Å². The summed E-state index contributed by atoms with van der Waals surface area (Å²) in [5.41, 5.74) is 2.60. The van der Waals surface area contributed by atoms with Gasteiger partial charge in [0, 0.05) is 30.9 Å². The summed E-state index contributed by atoms with van der Waals surface area (Å²) in [6, 6.07) is 10.8. The summed E-state index contributed by atoms with van der Waals surface area (Å²) in [5.74, 6) is -0.0493. The smallest absolute Gasteiger partial charge is 0.407 e. The van der Waals surface area contributed by atoms with E-state index >= 15 is 0 Å². The van der Waals surface area contributed by atoms with Crippen molar-refractivity contribution >= 4 is 23.7 Å². The highest BCUT2D eigenvalue weighted by molar-refractivity contribution is 5.97. The number of carbonyl (C=O) groups is 3. The number of carbonyl (C=O) groups excluding carboxylic acids is 2. The lowest BCUT2D eigenvalue weighted by Crippen LogP contribution is -2.72. The minimum absolute atomic E-state index is 0.0927. The van der Waals surface area contributed by atoms with Gasteiger partial charge in [-0.3, -0.25) is 4.79 Å². The number of likely N-dealkylation sites (tertiary alicyclic amines) is 2. The van der Waals surface area contributed by atoms with Crippen LogP contribution in [0.4, 0.5) is 19.7 Å². The summed E-state index contributed by atoms with van der Waals surface area (Å²) in [5, 5.41) is 15.1. The minimum atomic E-state index is -0.998. The van der Waals surface area contributed by atoms with Crippen LogP contribution in [0.5, 0.6) is 0 Å². The van der Waals surface area contributed by atoms with Gasteiger partial charge in [-0.05, 0) is 66.5 Å². The number of nitrogens with one attached hydrogen (secondary N) is 2.